The summed E-state index contributed by atoms with van der Waals surface area (Å²) in [6.07, 6.45) is 0.546. The van der Waals surface area contributed by atoms with E-state index in [1.54, 1.807) is 38.1 Å². The molecule has 27 heavy (non-hydrogen) atoms. The molecule has 0 unspecified atom stereocenters. The van der Waals surface area contributed by atoms with Crippen LogP contribution in [0.25, 0.3) is 0 Å². The molecule has 3 rings (SSSR count). The molecule has 0 N–H and O–H groups in total. The lowest BCUT2D eigenvalue weighted by Gasteiger charge is -2.31. The minimum Gasteiger partial charge on any atom is -0.466 e. The summed E-state index contributed by atoms with van der Waals surface area (Å²) in [6.45, 7) is 4.86. The van der Waals surface area contributed by atoms with E-state index < -0.39 is 10.9 Å². The van der Waals surface area contributed by atoms with E-state index in [0.717, 1.165) is 16.8 Å². The SMILES string of the molecule is CCOC(=O)Cc1cc(N2CCc3cc(F)ccc3C2)cc(C)c1[N+](=O)[O-]. The molecule has 1 heterocycles. The number of nitro benzene ring substituents is 1. The van der Waals surface area contributed by atoms with Gasteiger partial charge in [0.2, 0.25) is 0 Å². The van der Waals surface area contributed by atoms with Gasteiger partial charge in [-0.2, -0.15) is 0 Å². The number of esters is 1. The van der Waals surface area contributed by atoms with Crippen LogP contribution in [-0.2, 0) is 28.9 Å². The number of fused-ring (bicyclic) bond motifs is 1. The molecule has 1 aliphatic rings. The summed E-state index contributed by atoms with van der Waals surface area (Å²) < 4.78 is 18.4. The zero-order chi connectivity index (χ0) is 19.6. The van der Waals surface area contributed by atoms with Gasteiger partial charge in [0, 0.05) is 29.9 Å². The first-order chi connectivity index (χ1) is 12.9. The predicted octanol–water partition coefficient (Wildman–Crippen LogP) is 3.71. The van der Waals surface area contributed by atoms with E-state index >= 15 is 0 Å². The van der Waals surface area contributed by atoms with Crippen LogP contribution in [0.5, 0.6) is 0 Å². The highest BCUT2D eigenvalue weighted by molar-refractivity contribution is 5.76. The number of ether oxygens (including phenoxy) is 1. The third kappa shape index (κ3) is 4.07. The van der Waals surface area contributed by atoms with Gasteiger partial charge in [-0.25, -0.2) is 4.39 Å². The molecule has 0 radical (unpaired) electrons. The summed E-state index contributed by atoms with van der Waals surface area (Å²) in [6, 6.07) is 8.22. The van der Waals surface area contributed by atoms with Crippen LogP contribution in [0.4, 0.5) is 15.8 Å². The van der Waals surface area contributed by atoms with E-state index in [-0.39, 0.29) is 24.5 Å². The van der Waals surface area contributed by atoms with Crippen molar-refractivity contribution in [3.63, 3.8) is 0 Å². The van der Waals surface area contributed by atoms with E-state index in [9.17, 15) is 19.3 Å². The van der Waals surface area contributed by atoms with E-state index in [0.29, 0.717) is 30.6 Å². The number of hydrogen-bond donors (Lipinski definition) is 0. The molecule has 0 spiro atoms. The van der Waals surface area contributed by atoms with E-state index in [4.69, 9.17) is 4.74 Å². The van der Waals surface area contributed by atoms with Gasteiger partial charge in [0.05, 0.1) is 18.0 Å². The van der Waals surface area contributed by atoms with Gasteiger partial charge in [-0.05, 0) is 55.7 Å². The summed E-state index contributed by atoms with van der Waals surface area (Å²) in [5.74, 6) is -0.735. The van der Waals surface area contributed by atoms with Crippen molar-refractivity contribution in [2.45, 2.75) is 33.2 Å². The van der Waals surface area contributed by atoms with Gasteiger partial charge in [0.25, 0.3) is 5.69 Å². The molecule has 2 aromatic rings. The van der Waals surface area contributed by atoms with Crippen molar-refractivity contribution >= 4 is 17.3 Å². The predicted molar refractivity (Wildman–Crippen MR) is 99.3 cm³/mol. The molecule has 2 aromatic carbocycles. The highest BCUT2D eigenvalue weighted by Crippen LogP contribution is 2.32. The van der Waals surface area contributed by atoms with Crippen molar-refractivity contribution in [2.75, 3.05) is 18.1 Å². The minimum absolute atomic E-state index is 0.0497. The van der Waals surface area contributed by atoms with E-state index in [1.165, 1.54) is 6.07 Å². The molecule has 0 saturated carbocycles. The van der Waals surface area contributed by atoms with Crippen LogP contribution in [-0.4, -0.2) is 24.0 Å². The maximum absolute atomic E-state index is 13.4. The second-order valence-electron chi connectivity index (χ2n) is 6.59. The summed E-state index contributed by atoms with van der Waals surface area (Å²) in [5.41, 5.74) is 3.63. The van der Waals surface area contributed by atoms with Crippen LogP contribution in [0.1, 0.15) is 29.2 Å². The van der Waals surface area contributed by atoms with E-state index in [2.05, 4.69) is 4.90 Å². The zero-order valence-electron chi connectivity index (χ0n) is 15.3. The lowest BCUT2D eigenvalue weighted by Crippen LogP contribution is -2.30. The van der Waals surface area contributed by atoms with Gasteiger partial charge >= 0.3 is 5.97 Å². The Labute approximate surface area is 156 Å². The maximum atomic E-state index is 13.4. The number of nitro groups is 1. The summed E-state index contributed by atoms with van der Waals surface area (Å²) in [7, 11) is 0. The van der Waals surface area contributed by atoms with Crippen LogP contribution < -0.4 is 4.90 Å². The normalized spacial score (nSPS) is 13.2. The molecular weight excluding hydrogens is 351 g/mol. The fourth-order valence-corrected chi connectivity index (χ4v) is 3.52. The monoisotopic (exact) mass is 372 g/mol. The molecule has 0 saturated heterocycles. The van der Waals surface area contributed by atoms with Gasteiger partial charge < -0.3 is 9.64 Å². The number of rotatable bonds is 5. The molecule has 0 atom stereocenters. The molecule has 0 aliphatic carbocycles. The first-order valence-electron chi connectivity index (χ1n) is 8.84. The van der Waals surface area contributed by atoms with Crippen LogP contribution >= 0.6 is 0 Å². The molecule has 0 bridgehead atoms. The Morgan fingerprint density at radius 3 is 2.78 bits per heavy atom. The molecule has 6 nitrogen and oxygen atoms in total. The van der Waals surface area contributed by atoms with Crippen LogP contribution in [0, 0.1) is 22.9 Å². The second kappa shape index (κ2) is 7.73. The fourth-order valence-electron chi connectivity index (χ4n) is 3.52. The maximum Gasteiger partial charge on any atom is 0.310 e. The Hall–Kier alpha value is -2.96. The molecule has 142 valence electrons. The van der Waals surface area contributed by atoms with Gasteiger partial charge in [-0.15, -0.1) is 0 Å². The number of hydrogen-bond acceptors (Lipinski definition) is 5. The highest BCUT2D eigenvalue weighted by Gasteiger charge is 2.24. The first kappa shape index (κ1) is 18.8. The Balaban J connectivity index is 1.94. The zero-order valence-corrected chi connectivity index (χ0v) is 15.3. The van der Waals surface area contributed by atoms with Crippen molar-refractivity contribution < 1.29 is 18.8 Å². The van der Waals surface area contributed by atoms with Gasteiger partial charge in [-0.1, -0.05) is 6.07 Å². The third-order valence-corrected chi connectivity index (χ3v) is 4.73. The first-order valence-corrected chi connectivity index (χ1v) is 8.84. The molecule has 1 aliphatic heterocycles. The number of carbonyl (C=O) groups is 1. The molecule has 7 heteroatoms. The van der Waals surface area contributed by atoms with Crippen LogP contribution in [0.15, 0.2) is 30.3 Å². The van der Waals surface area contributed by atoms with Crippen molar-refractivity contribution in [3.8, 4) is 0 Å². The number of aryl methyl sites for hydroxylation is 1. The van der Waals surface area contributed by atoms with Gasteiger partial charge in [0.1, 0.15) is 5.82 Å². The topological polar surface area (TPSA) is 72.7 Å². The smallest absolute Gasteiger partial charge is 0.310 e. The Bertz CT molecular complexity index is 898. The Morgan fingerprint density at radius 2 is 2.07 bits per heavy atom. The number of nitrogens with zero attached hydrogens (tertiary/aromatic N) is 2. The Kier molecular flexibility index (Phi) is 5.39. The molecule has 0 amide bonds. The van der Waals surface area contributed by atoms with Crippen molar-refractivity contribution in [1.82, 2.24) is 0 Å². The average molecular weight is 372 g/mol. The van der Waals surface area contributed by atoms with Crippen molar-refractivity contribution in [3.05, 3.63) is 68.5 Å². The second-order valence-corrected chi connectivity index (χ2v) is 6.59. The number of benzene rings is 2. The quantitative estimate of drug-likeness (QED) is 0.454. The minimum atomic E-state index is -0.489. The molecule has 0 fully saturated rings. The van der Waals surface area contributed by atoms with Crippen molar-refractivity contribution in [2.24, 2.45) is 0 Å². The van der Waals surface area contributed by atoms with Gasteiger partial charge in [-0.3, -0.25) is 14.9 Å². The lowest BCUT2D eigenvalue weighted by molar-refractivity contribution is -0.386. The third-order valence-electron chi connectivity index (χ3n) is 4.73. The van der Waals surface area contributed by atoms with Crippen LogP contribution in [0.3, 0.4) is 0 Å². The molecule has 0 aromatic heterocycles. The lowest BCUT2D eigenvalue weighted by atomic mass is 9.97. The summed E-state index contributed by atoms with van der Waals surface area (Å²) in [5, 5.41) is 11.5. The largest absolute Gasteiger partial charge is 0.466 e. The number of halogens is 1. The standard InChI is InChI=1S/C20H21FN2O4/c1-3-27-19(24)11-16-10-18(8-13(2)20(16)23(25)26)22-7-6-14-9-17(21)5-4-15(14)12-22/h4-5,8-10H,3,6-7,11-12H2,1-2H3. The van der Waals surface area contributed by atoms with Gasteiger partial charge in [0.15, 0.2) is 0 Å². The van der Waals surface area contributed by atoms with Crippen molar-refractivity contribution in [1.29, 1.82) is 0 Å². The summed E-state index contributed by atoms with van der Waals surface area (Å²) in [4.78, 5) is 25.0. The summed E-state index contributed by atoms with van der Waals surface area (Å²) >= 11 is 0. The number of carbonyl (C=O) groups excluding carboxylic acids is 1. The fraction of sp³-hybridized carbons (Fsp3) is 0.350. The average Bonchev–Trinajstić information content (AvgIpc) is 2.60. The Morgan fingerprint density at radius 1 is 1.30 bits per heavy atom. The van der Waals surface area contributed by atoms with Crippen LogP contribution in [0.2, 0.25) is 0 Å². The van der Waals surface area contributed by atoms with E-state index in [1.807, 2.05) is 0 Å². The number of anilines is 1. The molecular formula is C20H21FN2O4. The highest BCUT2D eigenvalue weighted by atomic mass is 19.1.